The molecule has 1 atom stereocenters. The highest BCUT2D eigenvalue weighted by molar-refractivity contribution is 7.09. The van der Waals surface area contributed by atoms with E-state index in [9.17, 15) is 4.79 Å². The molecule has 1 aromatic heterocycles. The van der Waals surface area contributed by atoms with Gasteiger partial charge in [-0.1, -0.05) is 0 Å². The normalized spacial score (nSPS) is 24.2. The van der Waals surface area contributed by atoms with Crippen molar-refractivity contribution >= 4 is 17.2 Å². The van der Waals surface area contributed by atoms with Crippen molar-refractivity contribution in [1.82, 2.24) is 20.1 Å². The van der Waals surface area contributed by atoms with E-state index in [-0.39, 0.29) is 5.91 Å². The third kappa shape index (κ3) is 4.77. The Bertz CT molecular complexity index is 539. The molecule has 5 nitrogen and oxygen atoms in total. The Morgan fingerprint density at radius 1 is 1.33 bits per heavy atom. The Labute approximate surface area is 149 Å². The van der Waals surface area contributed by atoms with Gasteiger partial charge in [0.05, 0.1) is 11.2 Å². The number of thiazole rings is 1. The van der Waals surface area contributed by atoms with Gasteiger partial charge in [0.2, 0.25) is 5.91 Å². The van der Waals surface area contributed by atoms with Gasteiger partial charge in [-0.2, -0.15) is 0 Å². The van der Waals surface area contributed by atoms with Crippen molar-refractivity contribution in [2.24, 2.45) is 0 Å². The molecule has 3 rings (SSSR count). The van der Waals surface area contributed by atoms with Crippen LogP contribution in [0.2, 0.25) is 0 Å². The van der Waals surface area contributed by atoms with Gasteiger partial charge in [-0.15, -0.1) is 11.3 Å². The molecule has 2 saturated heterocycles. The summed E-state index contributed by atoms with van der Waals surface area (Å²) in [6.07, 6.45) is 6.24. The number of nitrogens with zero attached hydrogens (tertiary/aromatic N) is 3. The van der Waals surface area contributed by atoms with Crippen molar-refractivity contribution in [3.05, 3.63) is 16.1 Å². The van der Waals surface area contributed by atoms with Gasteiger partial charge in [0.1, 0.15) is 0 Å². The van der Waals surface area contributed by atoms with E-state index in [1.54, 1.807) is 11.3 Å². The summed E-state index contributed by atoms with van der Waals surface area (Å²) in [6.45, 7) is 6.64. The molecule has 0 bridgehead atoms. The van der Waals surface area contributed by atoms with Crippen LogP contribution in [0.4, 0.5) is 0 Å². The first-order valence-corrected chi connectivity index (χ1v) is 10.1. The lowest BCUT2D eigenvalue weighted by Gasteiger charge is -2.41. The van der Waals surface area contributed by atoms with E-state index < -0.39 is 0 Å². The molecule has 0 spiro atoms. The lowest BCUT2D eigenvalue weighted by Crippen LogP contribution is -2.53. The number of carbonyl (C=O) groups is 1. The Morgan fingerprint density at radius 2 is 2.12 bits per heavy atom. The number of aryl methyl sites for hydroxylation is 2. The fourth-order valence-corrected chi connectivity index (χ4v) is 4.69. The van der Waals surface area contributed by atoms with E-state index in [1.807, 2.05) is 12.4 Å². The van der Waals surface area contributed by atoms with E-state index in [4.69, 9.17) is 0 Å². The Balaban J connectivity index is 1.43. The smallest absolute Gasteiger partial charge is 0.220 e. The largest absolute Gasteiger partial charge is 0.352 e. The van der Waals surface area contributed by atoms with Gasteiger partial charge < -0.3 is 10.2 Å². The number of likely N-dealkylation sites (tertiary alicyclic amines) is 2. The SMILES string of the molecule is Cc1ncsc1CCC(=O)N[C@@H]1CCCN(C2CCN(C)CC2)C1. The minimum Gasteiger partial charge on any atom is -0.352 e. The number of hydrogen-bond acceptors (Lipinski definition) is 5. The molecule has 0 unspecified atom stereocenters. The number of piperidine rings is 2. The van der Waals surface area contributed by atoms with E-state index >= 15 is 0 Å². The third-order valence-electron chi connectivity index (χ3n) is 5.45. The van der Waals surface area contributed by atoms with Crippen LogP contribution in [0.5, 0.6) is 0 Å². The fourth-order valence-electron chi connectivity index (χ4n) is 3.91. The molecule has 24 heavy (non-hydrogen) atoms. The third-order valence-corrected chi connectivity index (χ3v) is 6.44. The number of hydrogen-bond donors (Lipinski definition) is 1. The highest BCUT2D eigenvalue weighted by Gasteiger charge is 2.28. The molecular weight excluding hydrogens is 320 g/mol. The second-order valence-corrected chi connectivity index (χ2v) is 8.24. The van der Waals surface area contributed by atoms with Crippen molar-refractivity contribution in [2.75, 3.05) is 33.2 Å². The monoisotopic (exact) mass is 350 g/mol. The summed E-state index contributed by atoms with van der Waals surface area (Å²) in [4.78, 5) is 22.8. The van der Waals surface area contributed by atoms with E-state index in [0.29, 0.717) is 18.5 Å². The maximum atomic E-state index is 12.3. The van der Waals surface area contributed by atoms with Gasteiger partial charge in [-0.05, 0) is 65.7 Å². The quantitative estimate of drug-likeness (QED) is 0.883. The predicted molar refractivity (Wildman–Crippen MR) is 98.4 cm³/mol. The maximum absolute atomic E-state index is 12.3. The minimum atomic E-state index is 0.193. The molecule has 1 N–H and O–H groups in total. The van der Waals surface area contributed by atoms with Crippen LogP contribution in [0.1, 0.15) is 42.7 Å². The number of amides is 1. The van der Waals surface area contributed by atoms with Gasteiger partial charge in [0.15, 0.2) is 0 Å². The van der Waals surface area contributed by atoms with Gasteiger partial charge in [0, 0.05) is 29.9 Å². The van der Waals surface area contributed by atoms with Crippen LogP contribution in [0, 0.1) is 6.92 Å². The maximum Gasteiger partial charge on any atom is 0.220 e. The molecule has 6 heteroatoms. The summed E-state index contributed by atoms with van der Waals surface area (Å²) >= 11 is 1.65. The van der Waals surface area contributed by atoms with Crippen molar-refractivity contribution in [3.63, 3.8) is 0 Å². The topological polar surface area (TPSA) is 48.5 Å². The molecule has 1 aromatic rings. The molecule has 134 valence electrons. The van der Waals surface area contributed by atoms with E-state index in [0.717, 1.165) is 25.1 Å². The predicted octanol–water partition coefficient (Wildman–Crippen LogP) is 2.06. The molecular formula is C18H30N4OS. The van der Waals surface area contributed by atoms with Crippen molar-refractivity contribution in [2.45, 2.75) is 57.5 Å². The molecule has 0 aliphatic carbocycles. The average Bonchev–Trinajstić information content (AvgIpc) is 2.99. The van der Waals surface area contributed by atoms with Gasteiger partial charge >= 0.3 is 0 Å². The van der Waals surface area contributed by atoms with Crippen LogP contribution in [0.15, 0.2) is 5.51 Å². The first-order chi connectivity index (χ1) is 11.6. The molecule has 2 fully saturated rings. The number of nitrogens with one attached hydrogen (secondary N) is 1. The zero-order valence-corrected chi connectivity index (χ0v) is 15.8. The molecule has 2 aliphatic rings. The zero-order valence-electron chi connectivity index (χ0n) is 15.0. The van der Waals surface area contributed by atoms with Crippen LogP contribution in [-0.2, 0) is 11.2 Å². The van der Waals surface area contributed by atoms with Crippen LogP contribution >= 0.6 is 11.3 Å². The van der Waals surface area contributed by atoms with Crippen LogP contribution in [0.25, 0.3) is 0 Å². The fraction of sp³-hybridized carbons (Fsp3) is 0.778. The number of aromatic nitrogens is 1. The average molecular weight is 351 g/mol. The Kier molecular flexibility index (Phi) is 6.25. The highest BCUT2D eigenvalue weighted by Crippen LogP contribution is 2.21. The molecule has 3 heterocycles. The van der Waals surface area contributed by atoms with Crippen molar-refractivity contribution in [3.8, 4) is 0 Å². The molecule has 0 radical (unpaired) electrons. The highest BCUT2D eigenvalue weighted by atomic mass is 32.1. The second-order valence-electron chi connectivity index (χ2n) is 7.30. The van der Waals surface area contributed by atoms with Crippen LogP contribution < -0.4 is 5.32 Å². The van der Waals surface area contributed by atoms with Gasteiger partial charge in [-0.3, -0.25) is 9.69 Å². The van der Waals surface area contributed by atoms with Gasteiger partial charge in [0.25, 0.3) is 0 Å². The summed E-state index contributed by atoms with van der Waals surface area (Å²) < 4.78 is 0. The summed E-state index contributed by atoms with van der Waals surface area (Å²) in [5, 5.41) is 3.27. The molecule has 0 aromatic carbocycles. The van der Waals surface area contributed by atoms with Crippen molar-refractivity contribution in [1.29, 1.82) is 0 Å². The second kappa shape index (κ2) is 8.41. The van der Waals surface area contributed by atoms with E-state index in [1.165, 1.54) is 43.8 Å². The summed E-state index contributed by atoms with van der Waals surface area (Å²) in [6, 6.07) is 1.04. The minimum absolute atomic E-state index is 0.193. The van der Waals surface area contributed by atoms with Crippen LogP contribution in [-0.4, -0.2) is 66.0 Å². The molecule has 1 amide bonds. The summed E-state index contributed by atoms with van der Waals surface area (Å²) in [5.74, 6) is 0.193. The van der Waals surface area contributed by atoms with Crippen molar-refractivity contribution < 1.29 is 4.79 Å². The molecule has 2 aliphatic heterocycles. The lowest BCUT2D eigenvalue weighted by molar-refractivity contribution is -0.122. The van der Waals surface area contributed by atoms with E-state index in [2.05, 4.69) is 27.1 Å². The zero-order chi connectivity index (χ0) is 16.9. The number of carbonyl (C=O) groups excluding carboxylic acids is 1. The lowest BCUT2D eigenvalue weighted by atomic mass is 9.98. The standard InChI is InChI=1S/C18H30N4OS/c1-14-17(24-13-19-14)5-6-18(23)20-15-4-3-9-22(12-15)16-7-10-21(2)11-8-16/h13,15-16H,3-12H2,1-2H3,(H,20,23)/t15-/m1/s1. The summed E-state index contributed by atoms with van der Waals surface area (Å²) in [7, 11) is 2.21. The first kappa shape index (κ1) is 17.8. The first-order valence-electron chi connectivity index (χ1n) is 9.22. The Hall–Kier alpha value is -0.980. The van der Waals surface area contributed by atoms with Gasteiger partial charge in [-0.25, -0.2) is 4.98 Å². The Morgan fingerprint density at radius 3 is 2.83 bits per heavy atom. The van der Waals surface area contributed by atoms with Crippen LogP contribution in [0.3, 0.4) is 0 Å². The number of rotatable bonds is 5. The summed E-state index contributed by atoms with van der Waals surface area (Å²) in [5.41, 5.74) is 2.93. The molecule has 0 saturated carbocycles.